The number of alkyl halides is 3. The van der Waals surface area contributed by atoms with Gasteiger partial charge in [0.2, 0.25) is 5.91 Å². The number of rotatable bonds is 12. The highest BCUT2D eigenvalue weighted by molar-refractivity contribution is 7.22. The number of anilines is 1. The number of esters is 1. The lowest BCUT2D eigenvalue weighted by Crippen LogP contribution is -2.69. The van der Waals surface area contributed by atoms with E-state index in [1.54, 1.807) is 25.1 Å². The van der Waals surface area contributed by atoms with E-state index < -0.39 is 23.7 Å². The molecule has 2 aromatic rings. The number of nitrogens with one attached hydrogen (secondary N) is 2. The highest BCUT2D eigenvalue weighted by Gasteiger charge is 2.64. The summed E-state index contributed by atoms with van der Waals surface area (Å²) in [6, 6.07) is 4.97. The van der Waals surface area contributed by atoms with Gasteiger partial charge >= 0.3 is 17.8 Å². The Labute approximate surface area is 188 Å². The first-order valence-electron chi connectivity index (χ1n) is 10.5. The van der Waals surface area contributed by atoms with Gasteiger partial charge in [-0.15, -0.1) is 0 Å². The first kappa shape index (κ1) is 25.7. The predicted octanol–water partition coefficient (Wildman–Crippen LogP) is 5.02. The van der Waals surface area contributed by atoms with Crippen molar-refractivity contribution in [1.29, 1.82) is 0 Å². The Morgan fingerprint density at radius 1 is 1.12 bits per heavy atom. The van der Waals surface area contributed by atoms with E-state index >= 15 is 0 Å². The van der Waals surface area contributed by atoms with Crippen molar-refractivity contribution in [2.24, 2.45) is 0 Å². The molecule has 1 aromatic carbocycles. The molecule has 178 valence electrons. The molecule has 1 amide bonds. The lowest BCUT2D eigenvalue weighted by Gasteiger charge is -2.34. The Balaban J connectivity index is 2.39. The smallest absolute Gasteiger partial charge is 0.442 e. The third-order valence-electron chi connectivity index (χ3n) is 4.51. The molecule has 0 aliphatic rings. The lowest BCUT2D eigenvalue weighted by atomic mass is 10.1. The molecule has 7 nitrogen and oxygen atoms in total. The van der Waals surface area contributed by atoms with Crippen LogP contribution < -0.4 is 15.4 Å². The fraction of sp³-hybridized carbons (Fsp3) is 0.571. The van der Waals surface area contributed by atoms with Gasteiger partial charge in [-0.05, 0) is 38.0 Å². The number of nitrogens with zero attached hydrogens (tertiary/aromatic N) is 1. The average Bonchev–Trinajstić information content (AvgIpc) is 3.12. The topological polar surface area (TPSA) is 89.5 Å². The maximum Gasteiger partial charge on any atom is 0.442 e. The van der Waals surface area contributed by atoms with E-state index in [4.69, 9.17) is 4.74 Å². The number of carbonyl (C=O) groups excluding carboxylic acids is 2. The molecule has 2 N–H and O–H groups in total. The number of hydrogen-bond donors (Lipinski definition) is 2. The molecule has 0 bridgehead atoms. The molecule has 1 unspecified atom stereocenters. The van der Waals surface area contributed by atoms with Crippen LogP contribution in [-0.2, 0) is 14.3 Å². The summed E-state index contributed by atoms with van der Waals surface area (Å²) in [7, 11) is 0. The van der Waals surface area contributed by atoms with Crippen LogP contribution in [0.25, 0.3) is 10.2 Å². The van der Waals surface area contributed by atoms with Crippen LogP contribution in [0.3, 0.4) is 0 Å². The highest BCUT2D eigenvalue weighted by atomic mass is 32.1. The Morgan fingerprint density at radius 2 is 1.84 bits per heavy atom. The predicted molar refractivity (Wildman–Crippen MR) is 117 cm³/mol. The minimum Gasteiger partial charge on any atom is -0.494 e. The number of halogens is 3. The minimum absolute atomic E-state index is 0.159. The van der Waals surface area contributed by atoms with Crippen LogP contribution in [-0.4, -0.2) is 41.9 Å². The quantitative estimate of drug-likeness (QED) is 0.255. The van der Waals surface area contributed by atoms with Gasteiger partial charge in [-0.2, -0.15) is 13.2 Å². The van der Waals surface area contributed by atoms with E-state index in [1.807, 2.05) is 12.2 Å². The average molecular weight is 476 g/mol. The SMILES string of the molecule is CCCCOc1ccc2nc(NC(NC(=O)CCCC)(C(=O)OCC)C(F)(F)F)sc2c1. The van der Waals surface area contributed by atoms with Gasteiger partial charge in [-0.1, -0.05) is 38.0 Å². The Kier molecular flexibility index (Phi) is 9.11. The van der Waals surface area contributed by atoms with Crippen molar-refractivity contribution in [2.75, 3.05) is 18.5 Å². The normalized spacial score (nSPS) is 13.4. The van der Waals surface area contributed by atoms with Gasteiger partial charge in [0, 0.05) is 6.42 Å². The number of unbranched alkanes of at least 4 members (excludes halogenated alkanes) is 2. The number of hydrogen-bond acceptors (Lipinski definition) is 7. The monoisotopic (exact) mass is 475 g/mol. The van der Waals surface area contributed by atoms with Crippen molar-refractivity contribution in [3.8, 4) is 5.75 Å². The summed E-state index contributed by atoms with van der Waals surface area (Å²) in [6.07, 6.45) is -2.52. The highest BCUT2D eigenvalue weighted by Crippen LogP contribution is 2.36. The molecule has 11 heteroatoms. The molecule has 0 saturated heterocycles. The van der Waals surface area contributed by atoms with Crippen molar-refractivity contribution in [1.82, 2.24) is 10.3 Å². The van der Waals surface area contributed by atoms with Gasteiger partial charge in [0.25, 0.3) is 0 Å². The molecular weight excluding hydrogens is 447 g/mol. The van der Waals surface area contributed by atoms with Crippen molar-refractivity contribution in [3.63, 3.8) is 0 Å². The molecule has 0 spiro atoms. The van der Waals surface area contributed by atoms with Gasteiger partial charge in [0.1, 0.15) is 5.75 Å². The second kappa shape index (κ2) is 11.3. The number of benzene rings is 1. The Hall–Kier alpha value is -2.56. The second-order valence-electron chi connectivity index (χ2n) is 7.10. The molecule has 0 fully saturated rings. The molecule has 0 radical (unpaired) electrons. The van der Waals surface area contributed by atoms with E-state index in [0.29, 0.717) is 35.4 Å². The van der Waals surface area contributed by atoms with Crippen LogP contribution in [0.5, 0.6) is 5.75 Å². The maximum atomic E-state index is 14.2. The number of carbonyl (C=O) groups is 2. The number of amides is 1. The van der Waals surface area contributed by atoms with E-state index in [9.17, 15) is 22.8 Å². The zero-order chi connectivity index (χ0) is 23.8. The molecule has 2 rings (SSSR count). The fourth-order valence-electron chi connectivity index (χ4n) is 2.78. The Bertz CT molecular complexity index is 919. The summed E-state index contributed by atoms with van der Waals surface area (Å²) < 4.78 is 53.4. The van der Waals surface area contributed by atoms with Crippen molar-refractivity contribution >= 4 is 38.6 Å². The summed E-state index contributed by atoms with van der Waals surface area (Å²) in [5, 5.41) is 3.75. The minimum atomic E-state index is -5.19. The summed E-state index contributed by atoms with van der Waals surface area (Å²) in [4.78, 5) is 28.8. The van der Waals surface area contributed by atoms with Crippen LogP contribution in [0.1, 0.15) is 52.9 Å². The zero-order valence-corrected chi connectivity index (χ0v) is 19.1. The van der Waals surface area contributed by atoms with E-state index in [0.717, 1.165) is 24.2 Å². The van der Waals surface area contributed by atoms with E-state index in [1.165, 1.54) is 6.92 Å². The standard InChI is InChI=1S/C21H28F3N3O4S/c1-4-7-9-17(28)26-20(21(22,23)24,18(29)30-6-3)27-19-25-15-11-10-14(13-16(15)32-19)31-12-8-5-2/h10-11,13H,4-9,12H2,1-3H3,(H,25,27)(H,26,28). The van der Waals surface area contributed by atoms with Crippen LogP contribution in [0.2, 0.25) is 0 Å². The first-order valence-corrected chi connectivity index (χ1v) is 11.3. The number of ether oxygens (including phenoxy) is 2. The summed E-state index contributed by atoms with van der Waals surface area (Å²) in [5.41, 5.74) is -3.03. The van der Waals surface area contributed by atoms with Crippen LogP contribution >= 0.6 is 11.3 Å². The lowest BCUT2D eigenvalue weighted by molar-refractivity contribution is -0.207. The van der Waals surface area contributed by atoms with Gasteiger partial charge < -0.3 is 20.1 Å². The first-order chi connectivity index (χ1) is 15.2. The van der Waals surface area contributed by atoms with Crippen LogP contribution in [0.4, 0.5) is 18.3 Å². The van der Waals surface area contributed by atoms with E-state index in [-0.39, 0.29) is 18.2 Å². The molecule has 1 heterocycles. The molecule has 0 saturated carbocycles. The van der Waals surface area contributed by atoms with Crippen molar-refractivity contribution in [3.05, 3.63) is 18.2 Å². The van der Waals surface area contributed by atoms with Gasteiger partial charge in [-0.25, -0.2) is 9.78 Å². The molecule has 0 aliphatic carbocycles. The van der Waals surface area contributed by atoms with Crippen LogP contribution in [0.15, 0.2) is 18.2 Å². The largest absolute Gasteiger partial charge is 0.494 e. The van der Waals surface area contributed by atoms with Gasteiger partial charge in [-0.3, -0.25) is 4.79 Å². The number of thiazole rings is 1. The third kappa shape index (κ3) is 6.24. The molecule has 0 aliphatic heterocycles. The fourth-order valence-corrected chi connectivity index (χ4v) is 3.73. The maximum absolute atomic E-state index is 14.2. The summed E-state index contributed by atoms with van der Waals surface area (Å²) in [6.45, 7) is 5.45. The molecule has 1 aromatic heterocycles. The van der Waals surface area contributed by atoms with Crippen LogP contribution in [0, 0.1) is 0 Å². The number of fused-ring (bicyclic) bond motifs is 1. The molecule has 1 atom stereocenters. The third-order valence-corrected chi connectivity index (χ3v) is 5.45. The zero-order valence-electron chi connectivity index (χ0n) is 18.3. The number of aromatic nitrogens is 1. The van der Waals surface area contributed by atoms with Crippen molar-refractivity contribution in [2.45, 2.75) is 64.7 Å². The van der Waals surface area contributed by atoms with Crippen molar-refractivity contribution < 1.29 is 32.2 Å². The molecule has 32 heavy (non-hydrogen) atoms. The second-order valence-corrected chi connectivity index (χ2v) is 8.13. The summed E-state index contributed by atoms with van der Waals surface area (Å²) >= 11 is 0.913. The molecular formula is C21H28F3N3O4S. The summed E-state index contributed by atoms with van der Waals surface area (Å²) in [5.74, 6) is -2.00. The Morgan fingerprint density at radius 3 is 2.47 bits per heavy atom. The van der Waals surface area contributed by atoms with E-state index in [2.05, 4.69) is 15.0 Å². The van der Waals surface area contributed by atoms with Gasteiger partial charge in [0.05, 0.1) is 23.4 Å². The van der Waals surface area contributed by atoms with Gasteiger partial charge in [0.15, 0.2) is 5.13 Å².